The summed E-state index contributed by atoms with van der Waals surface area (Å²) in [6.45, 7) is 4.03. The molecule has 0 saturated heterocycles. The highest BCUT2D eigenvalue weighted by molar-refractivity contribution is 6.29. The molecule has 0 amide bonds. The third kappa shape index (κ3) is 3.06. The van der Waals surface area contributed by atoms with E-state index in [0.717, 1.165) is 0 Å². The van der Waals surface area contributed by atoms with Gasteiger partial charge >= 0.3 is 6.01 Å². The van der Waals surface area contributed by atoms with Crippen LogP contribution in [0.4, 0.5) is 5.82 Å². The Morgan fingerprint density at radius 2 is 2.15 bits per heavy atom. The van der Waals surface area contributed by atoms with Crippen molar-refractivity contribution in [2.75, 3.05) is 12.4 Å². The van der Waals surface area contributed by atoms with Crippen molar-refractivity contribution in [2.45, 2.75) is 19.9 Å². The van der Waals surface area contributed by atoms with Gasteiger partial charge in [0.2, 0.25) is 0 Å². The van der Waals surface area contributed by atoms with Gasteiger partial charge in [0.25, 0.3) is 0 Å². The van der Waals surface area contributed by atoms with Crippen LogP contribution in [0.15, 0.2) is 6.07 Å². The largest absolute Gasteiger partial charge is 0.467 e. The molecule has 0 aromatic carbocycles. The van der Waals surface area contributed by atoms with Crippen molar-refractivity contribution in [1.82, 2.24) is 9.97 Å². The van der Waals surface area contributed by atoms with Gasteiger partial charge in [-0.1, -0.05) is 11.6 Å². The minimum atomic E-state index is 0.274. The van der Waals surface area contributed by atoms with Crippen molar-refractivity contribution < 1.29 is 4.74 Å². The highest BCUT2D eigenvalue weighted by Crippen LogP contribution is 2.15. The molecule has 4 nitrogen and oxygen atoms in total. The monoisotopic (exact) mass is 201 g/mol. The molecule has 0 aliphatic rings. The summed E-state index contributed by atoms with van der Waals surface area (Å²) in [5, 5.41) is 3.48. The predicted molar refractivity (Wildman–Crippen MR) is 52.4 cm³/mol. The number of nitrogens with one attached hydrogen (secondary N) is 1. The van der Waals surface area contributed by atoms with E-state index in [2.05, 4.69) is 15.3 Å². The Labute approximate surface area is 82.3 Å². The Morgan fingerprint density at radius 1 is 1.46 bits per heavy atom. The third-order valence-electron chi connectivity index (χ3n) is 1.29. The maximum atomic E-state index is 5.74. The van der Waals surface area contributed by atoms with Gasteiger partial charge in [0.05, 0.1) is 7.11 Å². The fourth-order valence-corrected chi connectivity index (χ4v) is 1.03. The molecular formula is C8H12ClN3O. The Balaban J connectivity index is 2.88. The summed E-state index contributed by atoms with van der Waals surface area (Å²) in [5.74, 6) is 0.673. The fraction of sp³-hybridized carbons (Fsp3) is 0.500. The summed E-state index contributed by atoms with van der Waals surface area (Å²) in [7, 11) is 1.50. The number of rotatable bonds is 3. The average Bonchev–Trinajstić information content (AvgIpc) is 2.01. The Hall–Kier alpha value is -1.03. The lowest BCUT2D eigenvalue weighted by Crippen LogP contribution is -2.11. The molecule has 1 aromatic heterocycles. The second-order valence-corrected chi connectivity index (χ2v) is 3.25. The third-order valence-corrected chi connectivity index (χ3v) is 1.49. The molecule has 1 N–H and O–H groups in total. The normalized spacial score (nSPS) is 10.2. The highest BCUT2D eigenvalue weighted by atomic mass is 35.5. The van der Waals surface area contributed by atoms with Gasteiger partial charge < -0.3 is 10.1 Å². The van der Waals surface area contributed by atoms with Crippen LogP contribution in [0.25, 0.3) is 0 Å². The quantitative estimate of drug-likeness (QED) is 0.760. The number of hydrogen-bond donors (Lipinski definition) is 1. The van der Waals surface area contributed by atoms with E-state index in [1.165, 1.54) is 7.11 Å². The van der Waals surface area contributed by atoms with Gasteiger partial charge in [-0.05, 0) is 13.8 Å². The topological polar surface area (TPSA) is 47.0 Å². The minimum absolute atomic E-state index is 0.274. The van der Waals surface area contributed by atoms with Crippen LogP contribution in [-0.4, -0.2) is 23.1 Å². The summed E-state index contributed by atoms with van der Waals surface area (Å²) in [5.41, 5.74) is 0. The van der Waals surface area contributed by atoms with Gasteiger partial charge in [-0.2, -0.15) is 9.97 Å². The van der Waals surface area contributed by atoms with E-state index in [9.17, 15) is 0 Å². The Morgan fingerprint density at radius 3 is 2.69 bits per heavy atom. The van der Waals surface area contributed by atoms with E-state index in [4.69, 9.17) is 16.3 Å². The van der Waals surface area contributed by atoms with Crippen LogP contribution in [-0.2, 0) is 0 Å². The van der Waals surface area contributed by atoms with Gasteiger partial charge in [-0.3, -0.25) is 0 Å². The summed E-state index contributed by atoms with van der Waals surface area (Å²) < 4.78 is 4.87. The van der Waals surface area contributed by atoms with Crippen molar-refractivity contribution in [1.29, 1.82) is 0 Å². The Bertz CT molecular complexity index is 291. The van der Waals surface area contributed by atoms with Gasteiger partial charge in [-0.15, -0.1) is 0 Å². The van der Waals surface area contributed by atoms with Crippen molar-refractivity contribution >= 4 is 17.4 Å². The molecule has 72 valence electrons. The molecule has 0 fully saturated rings. The van der Waals surface area contributed by atoms with Gasteiger partial charge in [0, 0.05) is 12.1 Å². The molecule has 0 radical (unpaired) electrons. The molecule has 13 heavy (non-hydrogen) atoms. The molecule has 0 atom stereocenters. The highest BCUT2D eigenvalue weighted by Gasteiger charge is 2.03. The summed E-state index contributed by atoms with van der Waals surface area (Å²) in [4.78, 5) is 7.92. The number of anilines is 1. The Kier molecular flexibility index (Phi) is 3.31. The lowest BCUT2D eigenvalue weighted by atomic mass is 10.4. The molecule has 1 rings (SSSR count). The molecule has 1 aromatic rings. The van der Waals surface area contributed by atoms with E-state index in [1.54, 1.807) is 6.07 Å². The molecule has 0 aliphatic heterocycles. The van der Waals surface area contributed by atoms with Crippen molar-refractivity contribution in [3.8, 4) is 6.01 Å². The number of nitrogens with zero attached hydrogens (tertiary/aromatic N) is 2. The van der Waals surface area contributed by atoms with Crippen LogP contribution in [0.2, 0.25) is 5.15 Å². The first-order chi connectivity index (χ1) is 6.11. The van der Waals surface area contributed by atoms with Gasteiger partial charge in [0.1, 0.15) is 11.0 Å². The predicted octanol–water partition coefficient (Wildman–Crippen LogP) is 1.96. The number of aromatic nitrogens is 2. The number of hydrogen-bond acceptors (Lipinski definition) is 4. The van der Waals surface area contributed by atoms with Crippen LogP contribution < -0.4 is 10.1 Å². The van der Waals surface area contributed by atoms with E-state index >= 15 is 0 Å². The van der Waals surface area contributed by atoms with E-state index in [-0.39, 0.29) is 6.01 Å². The maximum absolute atomic E-state index is 5.74. The second kappa shape index (κ2) is 4.28. The summed E-state index contributed by atoms with van der Waals surface area (Å²) in [6, 6.07) is 2.23. The van der Waals surface area contributed by atoms with Gasteiger partial charge in [-0.25, -0.2) is 0 Å². The molecule has 1 heterocycles. The zero-order chi connectivity index (χ0) is 9.84. The first-order valence-corrected chi connectivity index (χ1v) is 4.34. The van der Waals surface area contributed by atoms with Crippen LogP contribution in [0, 0.1) is 0 Å². The number of methoxy groups -OCH3 is 1. The SMILES string of the molecule is COc1nc(Cl)cc(NC(C)C)n1. The van der Waals surface area contributed by atoms with Crippen molar-refractivity contribution in [3.05, 3.63) is 11.2 Å². The molecule has 5 heteroatoms. The zero-order valence-corrected chi connectivity index (χ0v) is 8.59. The fourth-order valence-electron chi connectivity index (χ4n) is 0.858. The average molecular weight is 202 g/mol. The molecular weight excluding hydrogens is 190 g/mol. The van der Waals surface area contributed by atoms with E-state index in [0.29, 0.717) is 17.0 Å². The summed E-state index contributed by atoms with van der Waals surface area (Å²) in [6.07, 6.45) is 0. The zero-order valence-electron chi connectivity index (χ0n) is 7.84. The number of halogens is 1. The standard InChI is InChI=1S/C8H12ClN3O/c1-5(2)10-7-4-6(9)11-8(12-7)13-3/h4-5H,1-3H3,(H,10,11,12). The lowest BCUT2D eigenvalue weighted by molar-refractivity contribution is 0.380. The van der Waals surface area contributed by atoms with E-state index in [1.807, 2.05) is 13.8 Å². The lowest BCUT2D eigenvalue weighted by Gasteiger charge is -2.09. The van der Waals surface area contributed by atoms with Crippen LogP contribution >= 0.6 is 11.6 Å². The molecule has 0 saturated carbocycles. The van der Waals surface area contributed by atoms with Crippen LogP contribution in [0.5, 0.6) is 6.01 Å². The smallest absolute Gasteiger partial charge is 0.319 e. The minimum Gasteiger partial charge on any atom is -0.467 e. The first kappa shape index (κ1) is 10.1. The first-order valence-electron chi connectivity index (χ1n) is 3.97. The van der Waals surface area contributed by atoms with E-state index < -0.39 is 0 Å². The molecule has 0 unspecified atom stereocenters. The van der Waals surface area contributed by atoms with Crippen molar-refractivity contribution in [3.63, 3.8) is 0 Å². The molecule has 0 aliphatic carbocycles. The number of ether oxygens (including phenoxy) is 1. The summed E-state index contributed by atoms with van der Waals surface area (Å²) >= 11 is 5.74. The van der Waals surface area contributed by atoms with Crippen molar-refractivity contribution in [2.24, 2.45) is 0 Å². The van der Waals surface area contributed by atoms with Crippen LogP contribution in [0.1, 0.15) is 13.8 Å². The van der Waals surface area contributed by atoms with Gasteiger partial charge in [0.15, 0.2) is 0 Å². The maximum Gasteiger partial charge on any atom is 0.319 e. The second-order valence-electron chi connectivity index (χ2n) is 2.86. The van der Waals surface area contributed by atoms with Crippen LogP contribution in [0.3, 0.4) is 0 Å². The molecule has 0 bridgehead atoms. The molecule has 0 spiro atoms.